The Morgan fingerprint density at radius 1 is 1.03 bits per heavy atom. The molecule has 0 unspecified atom stereocenters. The maximum absolute atomic E-state index is 13.3. The Kier molecular flexibility index (Phi) is 8.12. The first-order chi connectivity index (χ1) is 17.5. The van der Waals surface area contributed by atoms with E-state index in [1.54, 1.807) is 42.5 Å². The van der Waals surface area contributed by atoms with Crippen LogP contribution in [0.15, 0.2) is 48.0 Å². The average Bonchev–Trinajstić information content (AvgIpc) is 3.17. The van der Waals surface area contributed by atoms with Gasteiger partial charge in [-0.05, 0) is 37.3 Å². The number of ether oxygens (including phenoxy) is 4. The number of aliphatic hydroxyl groups is 1. The highest BCUT2D eigenvalue weighted by molar-refractivity contribution is 6.46. The van der Waals surface area contributed by atoms with Crippen LogP contribution in [0.4, 0.5) is 0 Å². The highest BCUT2D eigenvalue weighted by Crippen LogP contribution is 2.45. The zero-order valence-electron chi connectivity index (χ0n) is 20.9. The van der Waals surface area contributed by atoms with Gasteiger partial charge in [0.05, 0.1) is 45.7 Å². The molecule has 4 rings (SSSR count). The lowest BCUT2D eigenvalue weighted by atomic mass is 9.94. The summed E-state index contributed by atoms with van der Waals surface area (Å²) >= 11 is 0. The van der Waals surface area contributed by atoms with Crippen molar-refractivity contribution in [1.82, 2.24) is 9.80 Å². The van der Waals surface area contributed by atoms with Gasteiger partial charge in [-0.1, -0.05) is 12.1 Å². The van der Waals surface area contributed by atoms with Crippen molar-refractivity contribution in [3.63, 3.8) is 0 Å². The Balaban J connectivity index is 1.79. The summed E-state index contributed by atoms with van der Waals surface area (Å²) in [6.45, 7) is 6.03. The molecular formula is C27H32N2O7. The number of hydrogen-bond acceptors (Lipinski definition) is 8. The summed E-state index contributed by atoms with van der Waals surface area (Å²) in [5, 5.41) is 11.3. The molecular weight excluding hydrogens is 464 g/mol. The van der Waals surface area contributed by atoms with E-state index >= 15 is 0 Å². The van der Waals surface area contributed by atoms with Crippen LogP contribution >= 0.6 is 0 Å². The summed E-state index contributed by atoms with van der Waals surface area (Å²) in [6, 6.07) is 11.2. The topological polar surface area (TPSA) is 97.8 Å². The molecule has 9 nitrogen and oxygen atoms in total. The van der Waals surface area contributed by atoms with Crippen molar-refractivity contribution < 1.29 is 33.6 Å². The largest absolute Gasteiger partial charge is 0.507 e. The Bertz CT molecular complexity index is 1120. The minimum Gasteiger partial charge on any atom is -0.507 e. The van der Waals surface area contributed by atoms with Crippen molar-refractivity contribution in [2.75, 3.05) is 60.2 Å². The van der Waals surface area contributed by atoms with Crippen LogP contribution < -0.4 is 14.2 Å². The van der Waals surface area contributed by atoms with Crippen molar-refractivity contribution in [2.45, 2.75) is 13.0 Å². The molecule has 0 spiro atoms. The van der Waals surface area contributed by atoms with Crippen LogP contribution in [0.25, 0.3) is 5.76 Å². The third kappa shape index (κ3) is 5.03. The molecule has 0 aliphatic carbocycles. The fourth-order valence-corrected chi connectivity index (χ4v) is 4.67. The number of aliphatic hydroxyl groups excluding tert-OH is 1. The van der Waals surface area contributed by atoms with Crippen LogP contribution in [0.3, 0.4) is 0 Å². The highest BCUT2D eigenvalue weighted by atomic mass is 16.5. The lowest BCUT2D eigenvalue weighted by Crippen LogP contribution is -2.42. The molecule has 2 aliphatic rings. The van der Waals surface area contributed by atoms with E-state index in [2.05, 4.69) is 4.90 Å². The van der Waals surface area contributed by atoms with Crippen LogP contribution in [0.2, 0.25) is 0 Å². The number of ketones is 1. The minimum absolute atomic E-state index is 0.0118. The number of carbonyl (C=O) groups excluding carboxylic acids is 2. The second kappa shape index (κ2) is 11.5. The molecule has 0 bridgehead atoms. The van der Waals surface area contributed by atoms with Crippen molar-refractivity contribution in [3.05, 3.63) is 59.2 Å². The molecule has 2 heterocycles. The monoisotopic (exact) mass is 496 g/mol. The summed E-state index contributed by atoms with van der Waals surface area (Å²) in [7, 11) is 3.03. The standard InChI is InChI=1S/C27H32N2O7/c1-4-36-19-10-8-18(9-11-19)24(30)22-23(20-6-5-7-21(33-2)26(20)34-3)29(27(32)25(22)31)13-12-28-14-16-35-17-15-28/h5-11,23,30H,4,12-17H2,1-3H3/b24-22+/t23-/m1/s1. The van der Waals surface area contributed by atoms with E-state index < -0.39 is 17.7 Å². The maximum Gasteiger partial charge on any atom is 0.295 e. The normalized spacial score (nSPS) is 20.0. The van der Waals surface area contributed by atoms with Gasteiger partial charge in [0, 0.05) is 37.3 Å². The van der Waals surface area contributed by atoms with E-state index in [0.29, 0.717) is 61.3 Å². The number of benzene rings is 2. The molecule has 9 heteroatoms. The Hall–Kier alpha value is -3.56. The molecule has 0 saturated carbocycles. The number of morpholine rings is 1. The van der Waals surface area contributed by atoms with Gasteiger partial charge in [-0.25, -0.2) is 0 Å². The first kappa shape index (κ1) is 25.5. The second-order valence-electron chi connectivity index (χ2n) is 8.49. The van der Waals surface area contributed by atoms with Gasteiger partial charge in [0.25, 0.3) is 11.7 Å². The van der Waals surface area contributed by atoms with Gasteiger partial charge < -0.3 is 29.0 Å². The zero-order valence-corrected chi connectivity index (χ0v) is 20.9. The molecule has 1 atom stereocenters. The molecule has 2 aromatic carbocycles. The third-order valence-electron chi connectivity index (χ3n) is 6.47. The summed E-state index contributed by atoms with van der Waals surface area (Å²) in [4.78, 5) is 30.3. The lowest BCUT2D eigenvalue weighted by Gasteiger charge is -2.31. The lowest BCUT2D eigenvalue weighted by molar-refractivity contribution is -0.140. The summed E-state index contributed by atoms with van der Waals surface area (Å²) in [5.74, 6) is -0.134. The van der Waals surface area contributed by atoms with Crippen LogP contribution in [-0.2, 0) is 14.3 Å². The van der Waals surface area contributed by atoms with Gasteiger partial charge in [-0.15, -0.1) is 0 Å². The molecule has 0 radical (unpaired) electrons. The number of hydrogen-bond donors (Lipinski definition) is 1. The second-order valence-corrected chi connectivity index (χ2v) is 8.49. The Morgan fingerprint density at radius 2 is 1.75 bits per heavy atom. The van der Waals surface area contributed by atoms with Crippen LogP contribution in [0, 0.1) is 0 Å². The molecule has 36 heavy (non-hydrogen) atoms. The van der Waals surface area contributed by atoms with Crippen LogP contribution in [-0.4, -0.2) is 86.8 Å². The fourth-order valence-electron chi connectivity index (χ4n) is 4.67. The molecule has 2 aliphatic heterocycles. The summed E-state index contributed by atoms with van der Waals surface area (Å²) < 4.78 is 22.0. The van der Waals surface area contributed by atoms with E-state index in [1.165, 1.54) is 19.1 Å². The Morgan fingerprint density at radius 3 is 2.39 bits per heavy atom. The number of nitrogens with zero attached hydrogens (tertiary/aromatic N) is 2. The molecule has 2 fully saturated rings. The first-order valence-corrected chi connectivity index (χ1v) is 12.0. The van der Waals surface area contributed by atoms with Gasteiger partial charge in [0.1, 0.15) is 11.5 Å². The van der Waals surface area contributed by atoms with Gasteiger partial charge >= 0.3 is 0 Å². The maximum atomic E-state index is 13.3. The molecule has 2 aromatic rings. The number of Topliss-reactive ketones (excluding diaryl/α,β-unsaturated/α-hetero) is 1. The van der Waals surface area contributed by atoms with Crippen molar-refractivity contribution in [3.8, 4) is 17.2 Å². The number of rotatable bonds is 9. The molecule has 192 valence electrons. The van der Waals surface area contributed by atoms with Gasteiger partial charge in [-0.2, -0.15) is 0 Å². The SMILES string of the molecule is CCOc1ccc(/C(O)=C2\C(=O)C(=O)N(CCN3CCOCC3)[C@@H]2c2cccc(OC)c2OC)cc1. The quantitative estimate of drug-likeness (QED) is 0.322. The molecule has 2 saturated heterocycles. The van der Waals surface area contributed by atoms with E-state index in [0.717, 1.165) is 13.1 Å². The van der Waals surface area contributed by atoms with Crippen LogP contribution in [0.1, 0.15) is 24.1 Å². The van der Waals surface area contributed by atoms with Gasteiger partial charge in [0.2, 0.25) is 0 Å². The third-order valence-corrected chi connectivity index (χ3v) is 6.47. The van der Waals surface area contributed by atoms with Gasteiger partial charge in [-0.3, -0.25) is 14.5 Å². The number of methoxy groups -OCH3 is 2. The number of amides is 1. The van der Waals surface area contributed by atoms with E-state index in [9.17, 15) is 14.7 Å². The predicted molar refractivity (Wildman–Crippen MR) is 133 cm³/mol. The van der Waals surface area contributed by atoms with Crippen molar-refractivity contribution in [1.29, 1.82) is 0 Å². The minimum atomic E-state index is -0.845. The van der Waals surface area contributed by atoms with Gasteiger partial charge in [0.15, 0.2) is 11.5 Å². The highest BCUT2D eigenvalue weighted by Gasteiger charge is 2.47. The zero-order chi connectivity index (χ0) is 25.7. The van der Waals surface area contributed by atoms with Crippen LogP contribution in [0.5, 0.6) is 17.2 Å². The number of para-hydroxylation sites is 1. The van der Waals surface area contributed by atoms with Crippen molar-refractivity contribution >= 4 is 17.4 Å². The van der Waals surface area contributed by atoms with E-state index in [4.69, 9.17) is 18.9 Å². The number of carbonyl (C=O) groups is 2. The average molecular weight is 497 g/mol. The first-order valence-electron chi connectivity index (χ1n) is 12.0. The molecule has 1 N–H and O–H groups in total. The summed E-state index contributed by atoms with van der Waals surface area (Å²) in [6.07, 6.45) is 0. The Labute approximate surface area is 210 Å². The molecule has 0 aromatic heterocycles. The number of likely N-dealkylation sites (tertiary alicyclic amines) is 1. The fraction of sp³-hybridized carbons (Fsp3) is 0.407. The molecule has 1 amide bonds. The van der Waals surface area contributed by atoms with E-state index in [1.807, 2.05) is 6.92 Å². The predicted octanol–water partition coefficient (Wildman–Crippen LogP) is 2.86. The van der Waals surface area contributed by atoms with Crippen molar-refractivity contribution in [2.24, 2.45) is 0 Å². The van der Waals surface area contributed by atoms with E-state index in [-0.39, 0.29) is 11.3 Å². The summed E-state index contributed by atoms with van der Waals surface area (Å²) in [5.41, 5.74) is 0.986. The smallest absolute Gasteiger partial charge is 0.295 e.